The number of hydrogen-bond acceptors (Lipinski definition) is 3. The minimum Gasteiger partial charge on any atom is -0.497 e. The van der Waals surface area contributed by atoms with E-state index in [0.717, 1.165) is 28.4 Å². The van der Waals surface area contributed by atoms with Crippen molar-refractivity contribution in [2.75, 3.05) is 7.11 Å². The predicted octanol–water partition coefficient (Wildman–Crippen LogP) is 3.25. The summed E-state index contributed by atoms with van der Waals surface area (Å²) in [6.45, 7) is 2.05. The molecule has 2 heterocycles. The molecule has 0 saturated carbocycles. The standard InChI is InChI=1S/C16H15N3O/c1-12-11-19(15-5-3-4-10-17-15)18-16(12)13-6-8-14(20-2)9-7-13/h3-11H,1-2H3. The Morgan fingerprint density at radius 3 is 2.50 bits per heavy atom. The van der Waals surface area contributed by atoms with Gasteiger partial charge in [-0.3, -0.25) is 0 Å². The molecule has 2 aromatic heterocycles. The molecule has 0 fully saturated rings. The summed E-state index contributed by atoms with van der Waals surface area (Å²) in [5, 5.41) is 4.62. The van der Waals surface area contributed by atoms with E-state index in [1.54, 1.807) is 18.0 Å². The molecule has 0 saturated heterocycles. The van der Waals surface area contributed by atoms with E-state index >= 15 is 0 Å². The molecule has 0 bridgehead atoms. The fraction of sp³-hybridized carbons (Fsp3) is 0.125. The van der Waals surface area contributed by atoms with E-state index in [4.69, 9.17) is 4.74 Å². The molecule has 0 aliphatic rings. The summed E-state index contributed by atoms with van der Waals surface area (Å²) in [6.07, 6.45) is 3.75. The lowest BCUT2D eigenvalue weighted by Crippen LogP contribution is -1.97. The van der Waals surface area contributed by atoms with E-state index in [1.165, 1.54) is 0 Å². The average molecular weight is 265 g/mol. The van der Waals surface area contributed by atoms with Crippen LogP contribution < -0.4 is 4.74 Å². The van der Waals surface area contributed by atoms with Gasteiger partial charge in [-0.05, 0) is 48.9 Å². The highest BCUT2D eigenvalue weighted by molar-refractivity contribution is 5.63. The SMILES string of the molecule is COc1ccc(-c2nn(-c3ccccn3)cc2C)cc1. The number of pyridine rings is 1. The maximum Gasteiger partial charge on any atom is 0.153 e. The molecular weight excluding hydrogens is 250 g/mol. The highest BCUT2D eigenvalue weighted by atomic mass is 16.5. The van der Waals surface area contributed by atoms with Crippen LogP contribution in [0.5, 0.6) is 5.75 Å². The Balaban J connectivity index is 2.00. The maximum atomic E-state index is 5.17. The van der Waals surface area contributed by atoms with Crippen molar-refractivity contribution in [3.8, 4) is 22.8 Å². The molecule has 4 heteroatoms. The van der Waals surface area contributed by atoms with E-state index in [0.29, 0.717) is 0 Å². The molecule has 0 radical (unpaired) electrons. The van der Waals surface area contributed by atoms with Crippen LogP contribution in [0.15, 0.2) is 54.9 Å². The quantitative estimate of drug-likeness (QED) is 0.729. The number of aromatic nitrogens is 3. The van der Waals surface area contributed by atoms with E-state index in [9.17, 15) is 0 Å². The Hall–Kier alpha value is -2.62. The van der Waals surface area contributed by atoms with Crippen LogP contribution in [0.1, 0.15) is 5.56 Å². The van der Waals surface area contributed by atoms with Gasteiger partial charge in [0, 0.05) is 18.0 Å². The highest BCUT2D eigenvalue weighted by Crippen LogP contribution is 2.24. The van der Waals surface area contributed by atoms with Crippen molar-refractivity contribution in [1.82, 2.24) is 14.8 Å². The Labute approximate surface area is 117 Å². The van der Waals surface area contributed by atoms with Crippen molar-refractivity contribution in [3.05, 3.63) is 60.4 Å². The zero-order chi connectivity index (χ0) is 13.9. The van der Waals surface area contributed by atoms with Crippen LogP contribution in [0.4, 0.5) is 0 Å². The normalized spacial score (nSPS) is 10.5. The van der Waals surface area contributed by atoms with E-state index in [1.807, 2.05) is 55.6 Å². The number of aryl methyl sites for hydroxylation is 1. The minimum atomic E-state index is 0.815. The van der Waals surface area contributed by atoms with Gasteiger partial charge < -0.3 is 4.74 Å². The molecule has 3 rings (SSSR count). The topological polar surface area (TPSA) is 39.9 Å². The number of rotatable bonds is 3. The Morgan fingerprint density at radius 1 is 1.05 bits per heavy atom. The van der Waals surface area contributed by atoms with Crippen molar-refractivity contribution >= 4 is 0 Å². The largest absolute Gasteiger partial charge is 0.497 e. The molecule has 20 heavy (non-hydrogen) atoms. The summed E-state index contributed by atoms with van der Waals surface area (Å²) < 4.78 is 6.97. The lowest BCUT2D eigenvalue weighted by atomic mass is 10.1. The average Bonchev–Trinajstić information content (AvgIpc) is 2.90. The summed E-state index contributed by atoms with van der Waals surface area (Å²) in [5.74, 6) is 1.66. The first-order valence-corrected chi connectivity index (χ1v) is 6.40. The van der Waals surface area contributed by atoms with Crippen molar-refractivity contribution in [3.63, 3.8) is 0 Å². The number of benzene rings is 1. The van der Waals surface area contributed by atoms with Gasteiger partial charge in [0.1, 0.15) is 5.75 Å². The molecule has 0 amide bonds. The molecule has 0 aliphatic carbocycles. The minimum absolute atomic E-state index is 0.815. The fourth-order valence-corrected chi connectivity index (χ4v) is 2.10. The first kappa shape index (κ1) is 12.4. The zero-order valence-corrected chi connectivity index (χ0v) is 11.4. The summed E-state index contributed by atoms with van der Waals surface area (Å²) >= 11 is 0. The third kappa shape index (κ3) is 2.28. The van der Waals surface area contributed by atoms with Gasteiger partial charge >= 0.3 is 0 Å². The van der Waals surface area contributed by atoms with Crippen LogP contribution in [0.25, 0.3) is 17.1 Å². The molecule has 0 unspecified atom stereocenters. The first-order valence-electron chi connectivity index (χ1n) is 6.40. The van der Waals surface area contributed by atoms with Gasteiger partial charge in [0.2, 0.25) is 0 Å². The summed E-state index contributed by atoms with van der Waals surface area (Å²) in [7, 11) is 1.66. The van der Waals surface area contributed by atoms with Crippen LogP contribution in [-0.2, 0) is 0 Å². The predicted molar refractivity (Wildman–Crippen MR) is 78.1 cm³/mol. The second kappa shape index (κ2) is 5.17. The zero-order valence-electron chi connectivity index (χ0n) is 11.4. The Morgan fingerprint density at radius 2 is 1.85 bits per heavy atom. The first-order chi connectivity index (χ1) is 9.78. The fourth-order valence-electron chi connectivity index (χ4n) is 2.10. The summed E-state index contributed by atoms with van der Waals surface area (Å²) in [5.41, 5.74) is 3.14. The molecule has 0 spiro atoms. The molecule has 4 nitrogen and oxygen atoms in total. The number of nitrogens with zero attached hydrogens (tertiary/aromatic N) is 3. The van der Waals surface area contributed by atoms with E-state index in [-0.39, 0.29) is 0 Å². The molecule has 0 aliphatic heterocycles. The lowest BCUT2D eigenvalue weighted by Gasteiger charge is -2.02. The number of hydrogen-bond donors (Lipinski definition) is 0. The molecule has 3 aromatic rings. The lowest BCUT2D eigenvalue weighted by molar-refractivity contribution is 0.415. The van der Waals surface area contributed by atoms with Gasteiger partial charge in [-0.25, -0.2) is 9.67 Å². The Bertz CT molecular complexity index is 702. The van der Waals surface area contributed by atoms with Gasteiger partial charge in [0.15, 0.2) is 5.82 Å². The van der Waals surface area contributed by atoms with Crippen LogP contribution in [0, 0.1) is 6.92 Å². The van der Waals surface area contributed by atoms with Crippen LogP contribution >= 0.6 is 0 Å². The molecule has 1 aromatic carbocycles. The maximum absolute atomic E-state index is 5.17. The van der Waals surface area contributed by atoms with Gasteiger partial charge in [-0.1, -0.05) is 6.07 Å². The molecular formula is C16H15N3O. The third-order valence-electron chi connectivity index (χ3n) is 3.14. The van der Waals surface area contributed by atoms with Crippen molar-refractivity contribution < 1.29 is 4.74 Å². The Kier molecular flexibility index (Phi) is 3.21. The van der Waals surface area contributed by atoms with Crippen LogP contribution in [0.3, 0.4) is 0 Å². The van der Waals surface area contributed by atoms with Crippen LogP contribution in [-0.4, -0.2) is 21.9 Å². The van der Waals surface area contributed by atoms with Crippen molar-refractivity contribution in [1.29, 1.82) is 0 Å². The van der Waals surface area contributed by atoms with Gasteiger partial charge in [0.05, 0.1) is 12.8 Å². The van der Waals surface area contributed by atoms with Gasteiger partial charge in [-0.15, -0.1) is 0 Å². The number of ether oxygens (including phenoxy) is 1. The monoisotopic (exact) mass is 265 g/mol. The second-order valence-corrected chi connectivity index (χ2v) is 4.52. The molecule has 100 valence electrons. The van der Waals surface area contributed by atoms with Crippen molar-refractivity contribution in [2.45, 2.75) is 6.92 Å². The smallest absolute Gasteiger partial charge is 0.153 e. The van der Waals surface area contributed by atoms with E-state index in [2.05, 4.69) is 10.1 Å². The van der Waals surface area contributed by atoms with Gasteiger partial charge in [-0.2, -0.15) is 5.10 Å². The van der Waals surface area contributed by atoms with Crippen LogP contribution in [0.2, 0.25) is 0 Å². The van der Waals surface area contributed by atoms with Crippen molar-refractivity contribution in [2.24, 2.45) is 0 Å². The third-order valence-corrected chi connectivity index (χ3v) is 3.14. The number of methoxy groups -OCH3 is 1. The van der Waals surface area contributed by atoms with Gasteiger partial charge in [0.25, 0.3) is 0 Å². The van der Waals surface area contributed by atoms with E-state index < -0.39 is 0 Å². The molecule has 0 N–H and O–H groups in total. The summed E-state index contributed by atoms with van der Waals surface area (Å²) in [4.78, 5) is 4.30. The molecule has 0 atom stereocenters. The summed E-state index contributed by atoms with van der Waals surface area (Å²) in [6, 6.07) is 13.7. The highest BCUT2D eigenvalue weighted by Gasteiger charge is 2.09. The second-order valence-electron chi connectivity index (χ2n) is 4.52.